The van der Waals surface area contributed by atoms with Crippen molar-refractivity contribution in [3.05, 3.63) is 0 Å². The second-order valence-electron chi connectivity index (χ2n) is 8.81. The summed E-state index contributed by atoms with van der Waals surface area (Å²) in [6.45, 7) is 2.69. The van der Waals surface area contributed by atoms with E-state index in [9.17, 15) is 14.7 Å². The van der Waals surface area contributed by atoms with Crippen LogP contribution in [0.3, 0.4) is 0 Å². The molecule has 0 saturated heterocycles. The van der Waals surface area contributed by atoms with E-state index in [-0.39, 0.29) is 42.4 Å². The van der Waals surface area contributed by atoms with E-state index >= 15 is 0 Å². The number of ether oxygens (including phenoxy) is 1. The van der Waals surface area contributed by atoms with E-state index < -0.39 is 11.9 Å². The van der Waals surface area contributed by atoms with Crippen LogP contribution in [-0.2, 0) is 14.3 Å². The molecule has 0 unspecified atom stereocenters. The quantitative estimate of drug-likeness (QED) is 0.128. The second kappa shape index (κ2) is 28.0. The Labute approximate surface area is 215 Å². The molecule has 0 heterocycles. The molecule has 0 N–H and O–H groups in total. The maximum absolute atomic E-state index is 11.2. The molecule has 31 heavy (non-hydrogen) atoms. The predicted octanol–water partition coefficient (Wildman–Crippen LogP) is 3.89. The first-order valence-electron chi connectivity index (χ1n) is 13.0. The maximum Gasteiger partial charge on any atom is 1.00 e. The van der Waals surface area contributed by atoms with Crippen molar-refractivity contribution < 1.29 is 49.0 Å². The average Bonchev–Trinajstić information content (AvgIpc) is 2.73. The van der Waals surface area contributed by atoms with Gasteiger partial charge < -0.3 is 14.6 Å². The van der Waals surface area contributed by atoms with Crippen LogP contribution in [0.25, 0.3) is 0 Å². The number of hydrogen-bond donors (Lipinski definition) is 0. The van der Waals surface area contributed by atoms with Crippen LogP contribution in [0.15, 0.2) is 0 Å². The van der Waals surface area contributed by atoms with Crippen LogP contribution < -0.4 is 34.7 Å². The van der Waals surface area contributed by atoms with Gasteiger partial charge >= 0.3 is 35.5 Å². The van der Waals surface area contributed by atoms with Crippen LogP contribution in [0.5, 0.6) is 0 Å². The summed E-state index contributed by atoms with van der Waals surface area (Å²) in [7, 11) is 0. The summed E-state index contributed by atoms with van der Waals surface area (Å²) in [4.78, 5) is 21.5. The van der Waals surface area contributed by atoms with E-state index in [1.807, 2.05) is 0 Å². The smallest absolute Gasteiger partial charge is 0.550 e. The van der Waals surface area contributed by atoms with E-state index in [0.29, 0.717) is 6.61 Å². The van der Waals surface area contributed by atoms with Crippen LogP contribution >= 0.6 is 0 Å². The zero-order valence-corrected chi connectivity index (χ0v) is 22.9. The molecule has 0 atom stereocenters. The molecule has 4 nitrogen and oxygen atoms in total. The number of unbranched alkanes of at least 4 members (excludes halogenated alkanes) is 19. The number of carboxylic acids is 1. The van der Waals surface area contributed by atoms with E-state index in [1.165, 1.54) is 116 Å². The molecule has 0 aromatic carbocycles. The maximum atomic E-state index is 11.2. The minimum absolute atomic E-state index is 0. The molecule has 0 rings (SSSR count). The topological polar surface area (TPSA) is 66.4 Å². The summed E-state index contributed by atoms with van der Waals surface area (Å²) in [6.07, 6.45) is 26.5. The molecule has 0 aliphatic heterocycles. The molecule has 0 aromatic heterocycles. The van der Waals surface area contributed by atoms with Crippen molar-refractivity contribution in [1.29, 1.82) is 0 Å². The molecule has 0 radical (unpaired) electrons. The Morgan fingerprint density at radius 2 is 0.871 bits per heavy atom. The summed E-state index contributed by atoms with van der Waals surface area (Å²) >= 11 is 0. The van der Waals surface area contributed by atoms with Crippen LogP contribution in [0, 0.1) is 0 Å². The van der Waals surface area contributed by atoms with Gasteiger partial charge in [-0.1, -0.05) is 129 Å². The van der Waals surface area contributed by atoms with Gasteiger partial charge in [-0.05, 0) is 12.8 Å². The predicted molar refractivity (Wildman–Crippen MR) is 123 cm³/mol. The Balaban J connectivity index is 0. The Morgan fingerprint density at radius 1 is 0.548 bits per heavy atom. The van der Waals surface area contributed by atoms with E-state index in [2.05, 4.69) is 6.92 Å². The Kier molecular flexibility index (Phi) is 29.9. The van der Waals surface area contributed by atoms with Gasteiger partial charge in [-0.3, -0.25) is 4.79 Å². The monoisotopic (exact) mass is 448 g/mol. The van der Waals surface area contributed by atoms with Gasteiger partial charge in [0.05, 0.1) is 13.0 Å². The summed E-state index contributed by atoms with van der Waals surface area (Å²) in [5.41, 5.74) is 0. The minimum atomic E-state index is -1.20. The first kappa shape index (κ1) is 33.1. The van der Waals surface area contributed by atoms with E-state index in [4.69, 9.17) is 4.74 Å². The number of carboxylic acid groups (broad SMARTS) is 1. The number of rotatable bonds is 24. The summed E-state index contributed by atoms with van der Waals surface area (Å²) in [6, 6.07) is 0. The minimum Gasteiger partial charge on any atom is -0.550 e. The van der Waals surface area contributed by atoms with Gasteiger partial charge in [0.25, 0.3) is 0 Å². The molecule has 0 aliphatic rings. The second-order valence-corrected chi connectivity index (χ2v) is 8.81. The van der Waals surface area contributed by atoms with Crippen molar-refractivity contribution in [2.45, 2.75) is 148 Å². The Bertz CT molecular complexity index is 388. The van der Waals surface area contributed by atoms with Gasteiger partial charge in [0.2, 0.25) is 0 Å². The van der Waals surface area contributed by atoms with Crippen molar-refractivity contribution in [3.63, 3.8) is 0 Å². The van der Waals surface area contributed by atoms with Crippen LogP contribution in [-0.4, -0.2) is 18.5 Å². The SMILES string of the molecule is CCCCCCCCCCCCCCCCCCCCCCOC(=O)CCC(=O)[O-].[Na+]. The normalized spacial score (nSPS) is 10.6. The van der Waals surface area contributed by atoms with Gasteiger partial charge in [0, 0.05) is 5.97 Å². The third-order valence-electron chi connectivity index (χ3n) is 5.79. The van der Waals surface area contributed by atoms with Gasteiger partial charge in [0.15, 0.2) is 0 Å². The summed E-state index contributed by atoms with van der Waals surface area (Å²) < 4.78 is 5.00. The van der Waals surface area contributed by atoms with Crippen LogP contribution in [0.2, 0.25) is 0 Å². The van der Waals surface area contributed by atoms with Crippen molar-refractivity contribution in [2.24, 2.45) is 0 Å². The fraction of sp³-hybridized carbons (Fsp3) is 0.923. The third kappa shape index (κ3) is 29.9. The van der Waals surface area contributed by atoms with Crippen molar-refractivity contribution >= 4 is 11.9 Å². The fourth-order valence-electron chi connectivity index (χ4n) is 3.82. The van der Waals surface area contributed by atoms with E-state index in [0.717, 1.165) is 12.8 Å². The van der Waals surface area contributed by atoms with Crippen LogP contribution in [0.1, 0.15) is 148 Å². The third-order valence-corrected chi connectivity index (χ3v) is 5.79. The average molecular weight is 449 g/mol. The largest absolute Gasteiger partial charge is 1.00 e. The summed E-state index contributed by atoms with van der Waals surface area (Å²) in [5, 5.41) is 10.2. The Hall–Kier alpha value is -0.0600. The molecular formula is C26H49NaO4. The number of carbonyl (C=O) groups excluding carboxylic acids is 2. The molecular weight excluding hydrogens is 399 g/mol. The number of hydrogen-bond acceptors (Lipinski definition) is 4. The number of carbonyl (C=O) groups is 2. The van der Waals surface area contributed by atoms with Crippen molar-refractivity contribution in [1.82, 2.24) is 0 Å². The molecule has 0 amide bonds. The molecule has 0 fully saturated rings. The zero-order chi connectivity index (χ0) is 22.1. The standard InChI is InChI=1S/C26H50O4.Na/c1-2-3-4-5-6-7-8-9-10-11-12-13-14-15-16-17-18-19-20-21-24-30-26(29)23-22-25(27)28;/h2-24H2,1H3,(H,27,28);/q;+1/p-1. The van der Waals surface area contributed by atoms with Crippen LogP contribution in [0.4, 0.5) is 0 Å². The first-order valence-corrected chi connectivity index (χ1v) is 13.0. The first-order chi connectivity index (χ1) is 14.7. The van der Waals surface area contributed by atoms with E-state index in [1.54, 1.807) is 0 Å². The van der Waals surface area contributed by atoms with Gasteiger partial charge in [-0.15, -0.1) is 0 Å². The van der Waals surface area contributed by atoms with Gasteiger partial charge in [-0.25, -0.2) is 0 Å². The molecule has 5 heteroatoms. The molecule has 0 saturated carbocycles. The zero-order valence-electron chi connectivity index (χ0n) is 20.9. The molecule has 0 bridgehead atoms. The molecule has 0 aromatic rings. The van der Waals surface area contributed by atoms with Crippen molar-refractivity contribution in [2.75, 3.05) is 6.61 Å². The summed E-state index contributed by atoms with van der Waals surface area (Å²) in [5.74, 6) is -1.64. The number of aliphatic carboxylic acids is 1. The Morgan fingerprint density at radius 3 is 1.19 bits per heavy atom. The number of esters is 1. The van der Waals surface area contributed by atoms with Crippen molar-refractivity contribution in [3.8, 4) is 0 Å². The molecule has 0 spiro atoms. The molecule has 178 valence electrons. The van der Waals surface area contributed by atoms with Gasteiger partial charge in [-0.2, -0.15) is 0 Å². The van der Waals surface area contributed by atoms with Gasteiger partial charge in [0.1, 0.15) is 0 Å². The fourth-order valence-corrected chi connectivity index (χ4v) is 3.82. The molecule has 0 aliphatic carbocycles.